The van der Waals surface area contributed by atoms with E-state index in [1.54, 1.807) is 17.3 Å². The van der Waals surface area contributed by atoms with Crippen LogP contribution >= 0.6 is 0 Å². The molecule has 2 aliphatic rings. The first-order valence-corrected chi connectivity index (χ1v) is 9.46. The number of aromatic nitrogens is 1. The Morgan fingerprint density at radius 1 is 1.00 bits per heavy atom. The van der Waals surface area contributed by atoms with Gasteiger partial charge in [-0.05, 0) is 29.8 Å². The van der Waals surface area contributed by atoms with Crippen LogP contribution in [0.5, 0.6) is 0 Å². The summed E-state index contributed by atoms with van der Waals surface area (Å²) < 4.78 is 0. The van der Waals surface area contributed by atoms with Crippen molar-refractivity contribution in [2.45, 2.75) is 13.0 Å². The van der Waals surface area contributed by atoms with Gasteiger partial charge in [0.1, 0.15) is 0 Å². The summed E-state index contributed by atoms with van der Waals surface area (Å²) in [5, 5.41) is 0. The van der Waals surface area contributed by atoms with Crippen LogP contribution in [0.1, 0.15) is 12.0 Å². The second-order valence-corrected chi connectivity index (χ2v) is 7.18. The Morgan fingerprint density at radius 2 is 1.70 bits per heavy atom. The number of hydrogen-bond donors (Lipinski definition) is 0. The largest absolute Gasteiger partial charge is 0.368 e. The molecular weight excluding hydrogens is 340 g/mol. The van der Waals surface area contributed by atoms with Gasteiger partial charge in [0.15, 0.2) is 0 Å². The second kappa shape index (κ2) is 7.78. The van der Waals surface area contributed by atoms with E-state index in [2.05, 4.69) is 22.0 Å². The van der Waals surface area contributed by atoms with Gasteiger partial charge < -0.3 is 14.7 Å². The Balaban J connectivity index is 1.32. The molecule has 2 fully saturated rings. The standard InChI is InChI=1S/C21H24N4O2/c26-20-14-18(16-25(20)15-17-6-8-22-9-7-17)21(27)24-12-10-23(11-13-24)19-4-2-1-3-5-19/h1-9,18H,10-16H2/t18-/m1/s1. The molecule has 0 aliphatic carbocycles. The fourth-order valence-corrected chi connectivity index (χ4v) is 3.88. The predicted molar refractivity (Wildman–Crippen MR) is 103 cm³/mol. The second-order valence-electron chi connectivity index (χ2n) is 7.18. The molecular formula is C21H24N4O2. The zero-order valence-corrected chi connectivity index (χ0v) is 15.3. The topological polar surface area (TPSA) is 56.8 Å². The van der Waals surface area contributed by atoms with Crippen LogP contribution in [0.2, 0.25) is 0 Å². The van der Waals surface area contributed by atoms with Gasteiger partial charge in [-0.1, -0.05) is 18.2 Å². The Kier molecular flexibility index (Phi) is 5.05. The molecule has 4 rings (SSSR count). The average molecular weight is 364 g/mol. The van der Waals surface area contributed by atoms with Crippen LogP contribution < -0.4 is 4.90 Å². The van der Waals surface area contributed by atoms with Gasteiger partial charge in [-0.3, -0.25) is 14.6 Å². The van der Waals surface area contributed by atoms with Crippen molar-refractivity contribution in [1.29, 1.82) is 0 Å². The lowest BCUT2D eigenvalue weighted by Crippen LogP contribution is -2.50. The highest BCUT2D eigenvalue weighted by molar-refractivity contribution is 5.89. The van der Waals surface area contributed by atoms with Gasteiger partial charge in [-0.2, -0.15) is 0 Å². The van der Waals surface area contributed by atoms with Crippen LogP contribution in [0.25, 0.3) is 0 Å². The molecule has 6 nitrogen and oxygen atoms in total. The van der Waals surface area contributed by atoms with E-state index in [-0.39, 0.29) is 17.7 Å². The highest BCUT2D eigenvalue weighted by atomic mass is 16.2. The number of likely N-dealkylation sites (tertiary alicyclic amines) is 1. The van der Waals surface area contributed by atoms with E-state index in [0.717, 1.165) is 18.7 Å². The quantitative estimate of drug-likeness (QED) is 0.830. The summed E-state index contributed by atoms with van der Waals surface area (Å²) >= 11 is 0. The number of carbonyl (C=O) groups is 2. The van der Waals surface area contributed by atoms with Crippen molar-refractivity contribution in [1.82, 2.24) is 14.8 Å². The molecule has 2 aliphatic heterocycles. The van der Waals surface area contributed by atoms with E-state index in [4.69, 9.17) is 0 Å². The van der Waals surface area contributed by atoms with Crippen LogP contribution in [0.4, 0.5) is 5.69 Å². The molecule has 1 aromatic carbocycles. The number of hydrogen-bond acceptors (Lipinski definition) is 4. The summed E-state index contributed by atoms with van der Waals surface area (Å²) in [5.74, 6) is -0.0380. The molecule has 2 aromatic rings. The van der Waals surface area contributed by atoms with E-state index in [9.17, 15) is 9.59 Å². The van der Waals surface area contributed by atoms with Crippen LogP contribution in [0.3, 0.4) is 0 Å². The highest BCUT2D eigenvalue weighted by Gasteiger charge is 2.37. The first-order chi connectivity index (χ1) is 13.2. The van der Waals surface area contributed by atoms with Crippen molar-refractivity contribution < 1.29 is 9.59 Å². The van der Waals surface area contributed by atoms with Crippen molar-refractivity contribution in [3.05, 3.63) is 60.4 Å². The van der Waals surface area contributed by atoms with E-state index >= 15 is 0 Å². The third kappa shape index (κ3) is 3.94. The zero-order valence-electron chi connectivity index (χ0n) is 15.3. The molecule has 27 heavy (non-hydrogen) atoms. The summed E-state index contributed by atoms with van der Waals surface area (Å²) in [6.07, 6.45) is 3.78. The fourth-order valence-electron chi connectivity index (χ4n) is 3.88. The maximum absolute atomic E-state index is 12.9. The highest BCUT2D eigenvalue weighted by Crippen LogP contribution is 2.23. The maximum Gasteiger partial charge on any atom is 0.228 e. The minimum Gasteiger partial charge on any atom is -0.368 e. The SMILES string of the molecule is O=C1C[C@@H](C(=O)N2CCN(c3ccccc3)CC2)CN1Cc1ccncc1. The van der Waals surface area contributed by atoms with E-state index < -0.39 is 0 Å². The van der Waals surface area contributed by atoms with Crippen LogP contribution in [-0.2, 0) is 16.1 Å². The van der Waals surface area contributed by atoms with Crippen molar-refractivity contribution in [2.24, 2.45) is 5.92 Å². The summed E-state index contributed by atoms with van der Waals surface area (Å²) in [6.45, 7) is 4.14. The molecule has 2 amide bonds. The Morgan fingerprint density at radius 3 is 2.41 bits per heavy atom. The van der Waals surface area contributed by atoms with Gasteiger partial charge in [0.05, 0.1) is 5.92 Å². The van der Waals surface area contributed by atoms with E-state index in [1.807, 2.05) is 35.2 Å². The molecule has 0 spiro atoms. The molecule has 0 bridgehead atoms. The Labute approximate surface area is 159 Å². The van der Waals surface area contributed by atoms with Crippen molar-refractivity contribution >= 4 is 17.5 Å². The number of para-hydroxylation sites is 1. The van der Waals surface area contributed by atoms with E-state index in [1.165, 1.54) is 5.69 Å². The number of rotatable bonds is 4. The minimum absolute atomic E-state index is 0.0630. The number of pyridine rings is 1. The molecule has 2 saturated heterocycles. The molecule has 6 heteroatoms. The van der Waals surface area contributed by atoms with Crippen LogP contribution in [-0.4, -0.2) is 59.3 Å². The molecule has 3 heterocycles. The van der Waals surface area contributed by atoms with Gasteiger partial charge in [0.25, 0.3) is 0 Å². The van der Waals surface area contributed by atoms with Crippen molar-refractivity contribution in [2.75, 3.05) is 37.6 Å². The Hall–Kier alpha value is -2.89. The van der Waals surface area contributed by atoms with Gasteiger partial charge in [0.2, 0.25) is 11.8 Å². The molecule has 1 aromatic heterocycles. The lowest BCUT2D eigenvalue weighted by atomic mass is 10.1. The summed E-state index contributed by atoms with van der Waals surface area (Å²) in [4.78, 5) is 35.3. The average Bonchev–Trinajstić information content (AvgIpc) is 3.09. The molecule has 0 radical (unpaired) electrons. The first-order valence-electron chi connectivity index (χ1n) is 9.46. The van der Waals surface area contributed by atoms with Gasteiger partial charge in [0, 0.05) is 63.8 Å². The number of amides is 2. The molecule has 0 N–H and O–H groups in total. The number of piperazine rings is 1. The van der Waals surface area contributed by atoms with Crippen LogP contribution in [0, 0.1) is 5.92 Å². The number of benzene rings is 1. The Bertz CT molecular complexity index is 788. The lowest BCUT2D eigenvalue weighted by molar-refractivity contribution is -0.136. The fraction of sp³-hybridized carbons (Fsp3) is 0.381. The normalized spacial score (nSPS) is 20.2. The number of carbonyl (C=O) groups excluding carboxylic acids is 2. The van der Waals surface area contributed by atoms with Crippen molar-refractivity contribution in [3.63, 3.8) is 0 Å². The predicted octanol–water partition coefficient (Wildman–Crippen LogP) is 1.78. The molecule has 140 valence electrons. The molecule has 1 atom stereocenters. The third-order valence-electron chi connectivity index (χ3n) is 5.40. The van der Waals surface area contributed by atoms with Gasteiger partial charge in [-0.15, -0.1) is 0 Å². The van der Waals surface area contributed by atoms with Gasteiger partial charge >= 0.3 is 0 Å². The molecule has 0 saturated carbocycles. The van der Waals surface area contributed by atoms with Crippen molar-refractivity contribution in [3.8, 4) is 0 Å². The summed E-state index contributed by atoms with van der Waals surface area (Å²) in [7, 11) is 0. The molecule has 0 unspecified atom stereocenters. The monoisotopic (exact) mass is 364 g/mol. The van der Waals surface area contributed by atoms with Crippen LogP contribution in [0.15, 0.2) is 54.9 Å². The summed E-state index contributed by atoms with van der Waals surface area (Å²) in [6, 6.07) is 14.1. The number of nitrogens with zero attached hydrogens (tertiary/aromatic N) is 4. The smallest absolute Gasteiger partial charge is 0.228 e. The minimum atomic E-state index is -0.220. The lowest BCUT2D eigenvalue weighted by Gasteiger charge is -2.37. The maximum atomic E-state index is 12.9. The third-order valence-corrected chi connectivity index (χ3v) is 5.40. The first kappa shape index (κ1) is 17.5. The van der Waals surface area contributed by atoms with E-state index in [0.29, 0.717) is 32.6 Å². The van der Waals surface area contributed by atoms with Gasteiger partial charge in [-0.25, -0.2) is 0 Å². The summed E-state index contributed by atoms with van der Waals surface area (Å²) in [5.41, 5.74) is 2.24. The number of anilines is 1. The zero-order chi connectivity index (χ0) is 18.6.